The molecule has 5 nitrogen and oxygen atoms in total. The fourth-order valence-electron chi connectivity index (χ4n) is 1.64. The van der Waals surface area contributed by atoms with Crippen LogP contribution in [0.2, 0.25) is 0 Å². The molecule has 1 aromatic carbocycles. The summed E-state index contributed by atoms with van der Waals surface area (Å²) < 4.78 is 11.5. The van der Waals surface area contributed by atoms with Gasteiger partial charge in [0.2, 0.25) is 5.91 Å². The van der Waals surface area contributed by atoms with E-state index in [9.17, 15) is 13.8 Å². The zero-order valence-electron chi connectivity index (χ0n) is 11.2. The molecule has 1 unspecified atom stereocenters. The van der Waals surface area contributed by atoms with Crippen LogP contribution in [0.15, 0.2) is 30.3 Å². The summed E-state index contributed by atoms with van der Waals surface area (Å²) in [5.74, 6) is -0.976. The fraction of sp³-hybridized carbons (Fsp3) is 0.429. The van der Waals surface area contributed by atoms with Gasteiger partial charge in [0, 0.05) is 29.5 Å². The van der Waals surface area contributed by atoms with Gasteiger partial charge in [-0.25, -0.2) is 0 Å². The third-order valence-corrected chi connectivity index (χ3v) is 3.96. The Bertz CT molecular complexity index is 462. The molecule has 2 N–H and O–H groups in total. The molecule has 0 aliphatic rings. The first-order valence-electron chi connectivity index (χ1n) is 6.45. The van der Waals surface area contributed by atoms with Crippen LogP contribution >= 0.6 is 0 Å². The summed E-state index contributed by atoms with van der Waals surface area (Å²) in [6.45, 7) is 0.509. The minimum absolute atomic E-state index is 0.0125. The van der Waals surface area contributed by atoms with Crippen LogP contribution in [0.1, 0.15) is 18.4 Å². The smallest absolute Gasteiger partial charge is 0.303 e. The topological polar surface area (TPSA) is 83.5 Å². The normalized spacial score (nSPS) is 11.8. The number of amides is 1. The Balaban J connectivity index is 2.13. The van der Waals surface area contributed by atoms with Crippen LogP contribution in [0.25, 0.3) is 0 Å². The van der Waals surface area contributed by atoms with Crippen LogP contribution in [-0.2, 0) is 26.8 Å². The van der Waals surface area contributed by atoms with Crippen LogP contribution in [0.5, 0.6) is 0 Å². The zero-order valence-corrected chi connectivity index (χ0v) is 12.0. The van der Waals surface area contributed by atoms with Crippen molar-refractivity contribution >= 4 is 22.7 Å². The van der Waals surface area contributed by atoms with Gasteiger partial charge in [0.25, 0.3) is 0 Å². The van der Waals surface area contributed by atoms with Crippen molar-refractivity contribution in [2.45, 2.75) is 19.3 Å². The second-order valence-corrected chi connectivity index (χ2v) is 5.95. The van der Waals surface area contributed by atoms with E-state index >= 15 is 0 Å². The zero-order chi connectivity index (χ0) is 14.8. The Morgan fingerprint density at radius 3 is 2.55 bits per heavy atom. The van der Waals surface area contributed by atoms with Crippen molar-refractivity contribution < 1.29 is 18.9 Å². The Morgan fingerprint density at radius 1 is 1.20 bits per heavy atom. The minimum Gasteiger partial charge on any atom is -0.481 e. The highest BCUT2D eigenvalue weighted by molar-refractivity contribution is 7.85. The van der Waals surface area contributed by atoms with Crippen molar-refractivity contribution in [1.82, 2.24) is 5.32 Å². The summed E-state index contributed by atoms with van der Waals surface area (Å²) in [5.41, 5.74) is 1.13. The van der Waals surface area contributed by atoms with Crippen LogP contribution in [0.3, 0.4) is 0 Å². The summed E-state index contributed by atoms with van der Waals surface area (Å²) in [6.07, 6.45) is 1.05. The lowest BCUT2D eigenvalue weighted by molar-refractivity contribution is -0.137. The number of hydrogen-bond acceptors (Lipinski definition) is 3. The lowest BCUT2D eigenvalue weighted by Gasteiger charge is -2.05. The number of carboxylic acid groups (broad SMARTS) is 1. The number of aliphatic carboxylic acids is 1. The maximum Gasteiger partial charge on any atom is 0.303 e. The predicted octanol–water partition coefficient (Wildman–Crippen LogP) is 0.959. The first-order valence-corrected chi connectivity index (χ1v) is 7.94. The number of rotatable bonds is 9. The van der Waals surface area contributed by atoms with E-state index < -0.39 is 16.8 Å². The van der Waals surface area contributed by atoms with Gasteiger partial charge in [0.05, 0.1) is 0 Å². The van der Waals surface area contributed by atoms with Gasteiger partial charge in [0.1, 0.15) is 5.75 Å². The first kappa shape index (κ1) is 16.4. The summed E-state index contributed by atoms with van der Waals surface area (Å²) >= 11 is 0. The highest BCUT2D eigenvalue weighted by Gasteiger charge is 2.08. The summed E-state index contributed by atoms with van der Waals surface area (Å²) in [6, 6.07) is 9.78. The van der Waals surface area contributed by atoms with Crippen LogP contribution in [-0.4, -0.2) is 39.2 Å². The lowest BCUT2D eigenvalue weighted by atomic mass is 10.1. The Kier molecular flexibility index (Phi) is 7.57. The first-order chi connectivity index (χ1) is 9.58. The molecule has 0 aromatic heterocycles. The molecule has 0 aliphatic heterocycles. The second kappa shape index (κ2) is 9.25. The molecule has 1 aromatic rings. The lowest BCUT2D eigenvalue weighted by Crippen LogP contribution is -2.30. The largest absolute Gasteiger partial charge is 0.481 e. The highest BCUT2D eigenvalue weighted by atomic mass is 32.2. The summed E-state index contributed by atoms with van der Waals surface area (Å²) in [5, 5.41) is 11.2. The Hall–Kier alpha value is -1.69. The molecule has 0 saturated heterocycles. The van der Waals surface area contributed by atoms with Crippen LogP contribution < -0.4 is 5.32 Å². The molecule has 1 amide bonds. The molecular formula is C14H19NO4S. The number of carbonyl (C=O) groups excluding carboxylic acids is 1. The summed E-state index contributed by atoms with van der Waals surface area (Å²) in [7, 11) is -1.29. The van der Waals surface area contributed by atoms with Crippen molar-refractivity contribution in [2.75, 3.05) is 18.1 Å². The number of nitrogens with one attached hydrogen (secondary N) is 1. The van der Waals surface area contributed by atoms with Gasteiger partial charge < -0.3 is 10.4 Å². The van der Waals surface area contributed by atoms with Gasteiger partial charge in [0.15, 0.2) is 0 Å². The maximum atomic E-state index is 11.5. The molecule has 110 valence electrons. The molecule has 20 heavy (non-hydrogen) atoms. The molecule has 0 heterocycles. The average Bonchev–Trinajstić information content (AvgIpc) is 2.39. The SMILES string of the molecule is O=C(O)CCCS(=O)CC(=O)NCCc1ccccc1. The molecule has 0 radical (unpaired) electrons. The van der Waals surface area contributed by atoms with E-state index in [0.29, 0.717) is 13.0 Å². The predicted molar refractivity (Wildman–Crippen MR) is 77.9 cm³/mol. The second-order valence-electron chi connectivity index (χ2n) is 4.37. The molecule has 0 saturated carbocycles. The number of carboxylic acids is 1. The van der Waals surface area contributed by atoms with Gasteiger partial charge in [-0.15, -0.1) is 0 Å². The van der Waals surface area contributed by atoms with Gasteiger partial charge in [-0.3, -0.25) is 13.8 Å². The number of carbonyl (C=O) groups is 2. The van der Waals surface area contributed by atoms with Crippen molar-refractivity contribution in [3.8, 4) is 0 Å². The van der Waals surface area contributed by atoms with Crippen molar-refractivity contribution in [3.05, 3.63) is 35.9 Å². The van der Waals surface area contributed by atoms with Gasteiger partial charge in [-0.1, -0.05) is 30.3 Å². The Labute approximate surface area is 120 Å². The van der Waals surface area contributed by atoms with Gasteiger partial charge in [-0.05, 0) is 18.4 Å². The van der Waals surface area contributed by atoms with E-state index in [-0.39, 0.29) is 23.8 Å². The van der Waals surface area contributed by atoms with Crippen molar-refractivity contribution in [1.29, 1.82) is 0 Å². The molecule has 1 rings (SSSR count). The van der Waals surface area contributed by atoms with E-state index in [1.165, 1.54) is 0 Å². The van der Waals surface area contributed by atoms with E-state index in [1.54, 1.807) is 0 Å². The monoisotopic (exact) mass is 297 g/mol. The molecule has 0 aliphatic carbocycles. The number of hydrogen-bond donors (Lipinski definition) is 2. The van der Waals surface area contributed by atoms with Gasteiger partial charge in [-0.2, -0.15) is 0 Å². The average molecular weight is 297 g/mol. The molecule has 6 heteroatoms. The van der Waals surface area contributed by atoms with Crippen LogP contribution in [0, 0.1) is 0 Å². The highest BCUT2D eigenvalue weighted by Crippen LogP contribution is 1.98. The third kappa shape index (κ3) is 7.68. The third-order valence-electron chi connectivity index (χ3n) is 2.63. The summed E-state index contributed by atoms with van der Waals surface area (Å²) in [4.78, 5) is 21.8. The molecular weight excluding hydrogens is 278 g/mol. The molecule has 0 fully saturated rings. The van der Waals surface area contributed by atoms with E-state index in [1.807, 2.05) is 30.3 Å². The fourth-order valence-corrected chi connectivity index (χ4v) is 2.65. The molecule has 0 spiro atoms. The maximum absolute atomic E-state index is 11.5. The van der Waals surface area contributed by atoms with Crippen LogP contribution in [0.4, 0.5) is 0 Å². The minimum atomic E-state index is -1.29. The molecule has 0 bridgehead atoms. The standard InChI is InChI=1S/C14H19NO4S/c16-13(11-20(19)10-4-7-14(17)18)15-9-8-12-5-2-1-3-6-12/h1-3,5-6H,4,7-11H2,(H,15,16)(H,17,18). The van der Waals surface area contributed by atoms with Crippen molar-refractivity contribution in [2.24, 2.45) is 0 Å². The quantitative estimate of drug-likeness (QED) is 0.711. The van der Waals surface area contributed by atoms with E-state index in [0.717, 1.165) is 12.0 Å². The van der Waals surface area contributed by atoms with E-state index in [4.69, 9.17) is 5.11 Å². The number of benzene rings is 1. The molecule has 1 atom stereocenters. The van der Waals surface area contributed by atoms with Crippen molar-refractivity contribution in [3.63, 3.8) is 0 Å². The Morgan fingerprint density at radius 2 is 1.90 bits per heavy atom. The van der Waals surface area contributed by atoms with E-state index in [2.05, 4.69) is 5.32 Å². The van der Waals surface area contributed by atoms with Gasteiger partial charge >= 0.3 is 5.97 Å².